The summed E-state index contributed by atoms with van der Waals surface area (Å²) >= 11 is 9.09. The summed E-state index contributed by atoms with van der Waals surface area (Å²) < 4.78 is 77.4. The second kappa shape index (κ2) is 5.73. The Morgan fingerprint density at radius 3 is 2.50 bits per heavy atom. The van der Waals surface area contributed by atoms with Gasteiger partial charge in [-0.15, -0.1) is 0 Å². The van der Waals surface area contributed by atoms with Crippen LogP contribution < -0.4 is 0 Å². The summed E-state index contributed by atoms with van der Waals surface area (Å²) in [5, 5.41) is 2.29. The molecule has 0 fully saturated rings. The number of rotatable bonds is 3. The first-order valence-corrected chi connectivity index (χ1v) is 8.78. The highest BCUT2D eigenvalue weighted by Gasteiger charge is 2.45. The van der Waals surface area contributed by atoms with E-state index in [0.717, 1.165) is 13.2 Å². The highest BCUT2D eigenvalue weighted by molar-refractivity contribution is 9.11. The third-order valence-electron chi connectivity index (χ3n) is 2.48. The van der Waals surface area contributed by atoms with Crippen molar-refractivity contribution in [3.8, 4) is 0 Å². The van der Waals surface area contributed by atoms with Crippen LogP contribution >= 0.6 is 38.9 Å². The summed E-state index contributed by atoms with van der Waals surface area (Å²) in [6.07, 6.45) is -3.96. The van der Waals surface area contributed by atoms with Gasteiger partial charge in [0.05, 0.1) is 15.5 Å². The van der Waals surface area contributed by atoms with E-state index in [4.69, 9.17) is 11.6 Å². The minimum absolute atomic E-state index is 0.284. The molecule has 2 rings (SSSR count). The third-order valence-corrected chi connectivity index (χ3v) is 6.52. The van der Waals surface area contributed by atoms with Gasteiger partial charge in [0, 0.05) is 7.05 Å². The Kier molecular flexibility index (Phi) is 4.59. The van der Waals surface area contributed by atoms with Gasteiger partial charge >= 0.3 is 6.18 Å². The predicted molar refractivity (Wildman–Crippen MR) is 74.1 cm³/mol. The first-order valence-electron chi connectivity index (χ1n) is 5.25. The Labute approximate surface area is 139 Å². The Morgan fingerprint density at radius 1 is 1.45 bits per heavy atom. The Balaban J connectivity index is 2.61. The molecule has 13 heteroatoms. The van der Waals surface area contributed by atoms with Crippen LogP contribution in [0.4, 0.5) is 17.6 Å². The molecular weight excluding hydrogens is 438 g/mol. The molecule has 0 N–H and O–H groups in total. The number of aryl methyl sites for hydroxylation is 1. The number of hydrogen-bond acceptors (Lipinski definition) is 5. The number of thiazole rings is 1. The maximum Gasteiger partial charge on any atom is 0.435 e. The molecule has 0 aliphatic heterocycles. The fraction of sp³-hybridized carbons (Fsp3) is 0.333. The summed E-state index contributed by atoms with van der Waals surface area (Å²) in [7, 11) is -3.75. The zero-order valence-corrected chi connectivity index (χ0v) is 14.4. The standard InChI is InChI=1S/C9H5BrClF4N3O2S2/c1-18-6(11)4(5(17-18)9(13,14)15)7(12)22(19,20)8-16-2-3(10)21-8/h2,7H,1H3. The van der Waals surface area contributed by atoms with E-state index < -0.39 is 42.3 Å². The molecule has 0 radical (unpaired) electrons. The van der Waals surface area contributed by atoms with Gasteiger partial charge in [0.15, 0.2) is 5.69 Å². The summed E-state index contributed by atoms with van der Waals surface area (Å²) in [5.74, 6) is 0. The average molecular weight is 443 g/mol. The van der Waals surface area contributed by atoms with Crippen molar-refractivity contribution in [3.63, 3.8) is 0 Å². The second-order valence-corrected chi connectivity index (χ2v) is 8.88. The molecule has 1 unspecified atom stereocenters. The van der Waals surface area contributed by atoms with E-state index in [1.807, 2.05) is 0 Å². The smallest absolute Gasteiger partial charge is 0.256 e. The molecule has 5 nitrogen and oxygen atoms in total. The predicted octanol–water partition coefficient (Wildman–Crippen LogP) is 3.75. The van der Waals surface area contributed by atoms with Crippen molar-refractivity contribution in [3.05, 3.63) is 26.4 Å². The molecule has 1 atom stereocenters. The minimum Gasteiger partial charge on any atom is -0.256 e. The van der Waals surface area contributed by atoms with E-state index in [2.05, 4.69) is 26.0 Å². The zero-order valence-electron chi connectivity index (χ0n) is 10.4. The fourth-order valence-electron chi connectivity index (χ4n) is 1.55. The first kappa shape index (κ1) is 17.6. The lowest BCUT2D eigenvalue weighted by Gasteiger charge is -2.10. The molecule has 0 aromatic carbocycles. The number of nitrogens with zero attached hydrogens (tertiary/aromatic N) is 3. The lowest BCUT2D eigenvalue weighted by atomic mass is 10.2. The summed E-state index contributed by atoms with van der Waals surface area (Å²) in [4.78, 5) is 3.45. The van der Waals surface area contributed by atoms with Crippen molar-refractivity contribution in [1.29, 1.82) is 0 Å². The highest BCUT2D eigenvalue weighted by Crippen LogP contribution is 2.43. The summed E-state index contributed by atoms with van der Waals surface area (Å²) in [5.41, 5.74) is -5.97. The van der Waals surface area contributed by atoms with Crippen LogP contribution in [0.3, 0.4) is 0 Å². The first-order chi connectivity index (χ1) is 9.96. The van der Waals surface area contributed by atoms with Crippen molar-refractivity contribution in [1.82, 2.24) is 14.8 Å². The van der Waals surface area contributed by atoms with Crippen LogP contribution in [0.25, 0.3) is 0 Å². The van der Waals surface area contributed by atoms with Crippen molar-refractivity contribution >= 4 is 48.7 Å². The van der Waals surface area contributed by atoms with Crippen molar-refractivity contribution in [2.24, 2.45) is 7.05 Å². The van der Waals surface area contributed by atoms with Crippen molar-refractivity contribution in [2.45, 2.75) is 16.0 Å². The number of alkyl halides is 4. The maximum atomic E-state index is 14.4. The van der Waals surface area contributed by atoms with E-state index >= 15 is 0 Å². The van der Waals surface area contributed by atoms with Gasteiger partial charge in [-0.05, 0) is 15.9 Å². The number of halogens is 6. The molecule has 22 heavy (non-hydrogen) atoms. The molecule has 0 aliphatic rings. The third kappa shape index (κ3) is 3.01. The highest BCUT2D eigenvalue weighted by atomic mass is 79.9. The van der Waals surface area contributed by atoms with Gasteiger partial charge < -0.3 is 0 Å². The molecule has 0 spiro atoms. The Bertz CT molecular complexity index is 817. The van der Waals surface area contributed by atoms with Crippen LogP contribution in [0.15, 0.2) is 14.3 Å². The molecular formula is C9H5BrClF4N3O2S2. The molecule has 0 amide bonds. The quantitative estimate of drug-likeness (QED) is 0.679. The molecule has 122 valence electrons. The lowest BCUT2D eigenvalue weighted by Crippen LogP contribution is -2.15. The Morgan fingerprint density at radius 2 is 2.05 bits per heavy atom. The topological polar surface area (TPSA) is 64.8 Å². The number of hydrogen-bond donors (Lipinski definition) is 0. The van der Waals surface area contributed by atoms with Crippen LogP contribution in [0, 0.1) is 0 Å². The minimum atomic E-state index is -5.05. The van der Waals surface area contributed by atoms with E-state index in [9.17, 15) is 26.0 Å². The van der Waals surface area contributed by atoms with E-state index in [0.29, 0.717) is 16.0 Å². The van der Waals surface area contributed by atoms with Gasteiger partial charge in [0.2, 0.25) is 19.7 Å². The van der Waals surface area contributed by atoms with Crippen molar-refractivity contribution < 1.29 is 26.0 Å². The van der Waals surface area contributed by atoms with Gasteiger partial charge in [0.25, 0.3) is 0 Å². The molecule has 0 aliphatic carbocycles. The zero-order chi connectivity index (χ0) is 16.9. The van der Waals surface area contributed by atoms with Gasteiger partial charge in [-0.1, -0.05) is 22.9 Å². The van der Waals surface area contributed by atoms with Crippen LogP contribution in [0.2, 0.25) is 5.15 Å². The normalized spacial score (nSPS) is 14.3. The number of sulfone groups is 1. The molecule has 2 aromatic heterocycles. The van der Waals surface area contributed by atoms with Crippen LogP contribution in [0.1, 0.15) is 16.8 Å². The SMILES string of the molecule is Cn1nc(C(F)(F)F)c(C(F)S(=O)(=O)c2ncc(Br)s2)c1Cl. The van der Waals surface area contributed by atoms with Crippen LogP contribution in [-0.2, 0) is 23.1 Å². The number of aromatic nitrogens is 3. The molecule has 2 aromatic rings. The van der Waals surface area contributed by atoms with E-state index in [-0.39, 0.29) is 3.79 Å². The van der Waals surface area contributed by atoms with E-state index in [1.54, 1.807) is 0 Å². The summed E-state index contributed by atoms with van der Waals surface area (Å²) in [6.45, 7) is 0. The second-order valence-electron chi connectivity index (χ2n) is 3.97. The van der Waals surface area contributed by atoms with Gasteiger partial charge in [-0.25, -0.2) is 17.8 Å². The van der Waals surface area contributed by atoms with Crippen molar-refractivity contribution in [2.75, 3.05) is 0 Å². The van der Waals surface area contributed by atoms with E-state index in [1.165, 1.54) is 0 Å². The maximum absolute atomic E-state index is 14.4. The largest absolute Gasteiger partial charge is 0.435 e. The molecule has 0 bridgehead atoms. The Hall–Kier alpha value is -0.720. The van der Waals surface area contributed by atoms with Crippen LogP contribution in [-0.4, -0.2) is 23.2 Å². The van der Waals surface area contributed by atoms with Gasteiger partial charge in [0.1, 0.15) is 5.15 Å². The molecule has 0 saturated carbocycles. The van der Waals surface area contributed by atoms with Gasteiger partial charge in [-0.2, -0.15) is 18.3 Å². The monoisotopic (exact) mass is 441 g/mol. The lowest BCUT2D eigenvalue weighted by molar-refractivity contribution is -0.142. The summed E-state index contributed by atoms with van der Waals surface area (Å²) in [6, 6.07) is 0. The van der Waals surface area contributed by atoms with Gasteiger partial charge in [-0.3, -0.25) is 4.68 Å². The molecule has 2 heterocycles. The fourth-order valence-corrected chi connectivity index (χ4v) is 4.99. The van der Waals surface area contributed by atoms with Crippen LogP contribution in [0.5, 0.6) is 0 Å². The molecule has 0 saturated heterocycles. The average Bonchev–Trinajstić information content (AvgIpc) is 2.94.